The molecule has 1 aromatic heterocycles. The quantitative estimate of drug-likeness (QED) is 0.859. The standard InChI is InChI=1S/C10H4BrClFNO3/c11-4-1-2-5(13)8(9(4)12)6-3-7(10(15)16)17-14-6/h1-3H,(H,15,16). The molecular weight excluding hydrogens is 316 g/mol. The van der Waals surface area contributed by atoms with Crippen molar-refractivity contribution in [1.29, 1.82) is 0 Å². The molecule has 0 unspecified atom stereocenters. The first-order valence-electron chi connectivity index (χ1n) is 4.34. The zero-order valence-electron chi connectivity index (χ0n) is 8.08. The lowest BCUT2D eigenvalue weighted by molar-refractivity contribution is 0.0652. The highest BCUT2D eigenvalue weighted by Crippen LogP contribution is 2.35. The summed E-state index contributed by atoms with van der Waals surface area (Å²) in [7, 11) is 0. The molecule has 0 aliphatic heterocycles. The Bertz CT molecular complexity index is 599. The third kappa shape index (κ3) is 2.18. The third-order valence-electron chi connectivity index (χ3n) is 2.02. The SMILES string of the molecule is O=C(O)c1cc(-c2c(F)ccc(Br)c2Cl)no1. The summed E-state index contributed by atoms with van der Waals surface area (Å²) in [5, 5.41) is 12.2. The Balaban J connectivity index is 2.60. The highest BCUT2D eigenvalue weighted by molar-refractivity contribution is 9.10. The summed E-state index contributed by atoms with van der Waals surface area (Å²) in [6.45, 7) is 0. The summed E-state index contributed by atoms with van der Waals surface area (Å²) < 4.78 is 18.6. The van der Waals surface area contributed by atoms with Gasteiger partial charge in [0.05, 0.1) is 10.6 Å². The minimum atomic E-state index is -1.28. The van der Waals surface area contributed by atoms with Gasteiger partial charge in [0.1, 0.15) is 11.5 Å². The number of hydrogen-bond donors (Lipinski definition) is 1. The van der Waals surface area contributed by atoms with Crippen molar-refractivity contribution >= 4 is 33.5 Å². The van der Waals surface area contributed by atoms with Gasteiger partial charge >= 0.3 is 5.97 Å². The maximum Gasteiger partial charge on any atom is 0.374 e. The Morgan fingerprint density at radius 2 is 2.24 bits per heavy atom. The lowest BCUT2D eigenvalue weighted by Crippen LogP contribution is -1.92. The molecule has 0 fully saturated rings. The summed E-state index contributed by atoms with van der Waals surface area (Å²) in [6.07, 6.45) is 0. The first-order chi connectivity index (χ1) is 8.00. The average Bonchev–Trinajstić information content (AvgIpc) is 2.73. The smallest absolute Gasteiger partial charge is 0.374 e. The lowest BCUT2D eigenvalue weighted by atomic mass is 10.1. The molecule has 1 N–H and O–H groups in total. The van der Waals surface area contributed by atoms with E-state index in [0.717, 1.165) is 6.07 Å². The van der Waals surface area contributed by atoms with Crippen molar-refractivity contribution in [1.82, 2.24) is 5.16 Å². The van der Waals surface area contributed by atoms with E-state index in [9.17, 15) is 9.18 Å². The number of carboxylic acid groups (broad SMARTS) is 1. The zero-order valence-corrected chi connectivity index (χ0v) is 10.4. The summed E-state index contributed by atoms with van der Waals surface area (Å²) in [4.78, 5) is 10.6. The maximum atomic E-state index is 13.6. The van der Waals surface area contributed by atoms with Crippen molar-refractivity contribution in [2.75, 3.05) is 0 Å². The van der Waals surface area contributed by atoms with Gasteiger partial charge in [-0.25, -0.2) is 9.18 Å². The van der Waals surface area contributed by atoms with Gasteiger partial charge < -0.3 is 9.63 Å². The van der Waals surface area contributed by atoms with E-state index in [2.05, 4.69) is 25.6 Å². The normalized spacial score (nSPS) is 10.5. The van der Waals surface area contributed by atoms with Gasteiger partial charge in [0.2, 0.25) is 5.76 Å². The van der Waals surface area contributed by atoms with Crippen molar-refractivity contribution in [2.24, 2.45) is 0 Å². The van der Waals surface area contributed by atoms with Crippen LogP contribution < -0.4 is 0 Å². The third-order valence-corrected chi connectivity index (χ3v) is 3.30. The monoisotopic (exact) mass is 319 g/mol. The fraction of sp³-hybridized carbons (Fsp3) is 0. The van der Waals surface area contributed by atoms with Gasteiger partial charge in [-0.2, -0.15) is 0 Å². The van der Waals surface area contributed by atoms with E-state index in [1.165, 1.54) is 12.1 Å². The van der Waals surface area contributed by atoms with Crippen molar-refractivity contribution in [3.8, 4) is 11.3 Å². The first kappa shape index (κ1) is 12.1. The van der Waals surface area contributed by atoms with Crippen molar-refractivity contribution in [3.05, 3.63) is 39.3 Å². The number of hydrogen-bond acceptors (Lipinski definition) is 3. The number of nitrogens with zero attached hydrogens (tertiary/aromatic N) is 1. The number of benzene rings is 1. The second-order valence-electron chi connectivity index (χ2n) is 3.10. The number of rotatable bonds is 2. The zero-order chi connectivity index (χ0) is 12.6. The first-order valence-corrected chi connectivity index (χ1v) is 5.51. The van der Waals surface area contributed by atoms with E-state index in [0.29, 0.717) is 4.47 Å². The van der Waals surface area contributed by atoms with Crippen LogP contribution in [0.5, 0.6) is 0 Å². The molecule has 0 spiro atoms. The second kappa shape index (κ2) is 4.46. The van der Waals surface area contributed by atoms with Crippen molar-refractivity contribution in [2.45, 2.75) is 0 Å². The Kier molecular flexibility index (Phi) is 3.17. The van der Waals surface area contributed by atoms with Crippen LogP contribution >= 0.6 is 27.5 Å². The molecule has 7 heteroatoms. The molecule has 0 saturated carbocycles. The van der Waals surface area contributed by atoms with Crippen LogP contribution in [-0.2, 0) is 0 Å². The van der Waals surface area contributed by atoms with Gasteiger partial charge in [-0.05, 0) is 28.1 Å². The Morgan fingerprint density at radius 1 is 1.53 bits per heavy atom. The highest BCUT2D eigenvalue weighted by atomic mass is 79.9. The number of aromatic nitrogens is 1. The average molecular weight is 321 g/mol. The van der Waals surface area contributed by atoms with Gasteiger partial charge in [-0.3, -0.25) is 0 Å². The molecule has 0 atom stereocenters. The van der Waals surface area contributed by atoms with E-state index in [1.54, 1.807) is 0 Å². The minimum Gasteiger partial charge on any atom is -0.475 e. The number of aromatic carboxylic acids is 1. The number of carboxylic acids is 1. The number of carbonyl (C=O) groups is 1. The molecule has 0 aliphatic carbocycles. The molecule has 0 saturated heterocycles. The number of halogens is 3. The van der Waals surface area contributed by atoms with Crippen LogP contribution in [0.2, 0.25) is 5.02 Å². The van der Waals surface area contributed by atoms with Crippen LogP contribution in [0.15, 0.2) is 27.2 Å². The molecule has 0 aliphatic rings. The van der Waals surface area contributed by atoms with E-state index in [4.69, 9.17) is 16.7 Å². The fourth-order valence-corrected chi connectivity index (χ4v) is 1.84. The second-order valence-corrected chi connectivity index (χ2v) is 4.33. The van der Waals surface area contributed by atoms with Gasteiger partial charge in [0, 0.05) is 10.5 Å². The minimum absolute atomic E-state index is 0.00251. The molecule has 0 radical (unpaired) electrons. The Labute approximate surface area is 108 Å². The molecule has 2 rings (SSSR count). The van der Waals surface area contributed by atoms with Gasteiger partial charge in [-0.15, -0.1) is 0 Å². The van der Waals surface area contributed by atoms with Crippen molar-refractivity contribution in [3.63, 3.8) is 0 Å². The molecule has 1 heterocycles. The van der Waals surface area contributed by atoms with E-state index in [-0.39, 0.29) is 22.0 Å². The van der Waals surface area contributed by atoms with Crippen LogP contribution in [0, 0.1) is 5.82 Å². The highest BCUT2D eigenvalue weighted by Gasteiger charge is 2.19. The van der Waals surface area contributed by atoms with Crippen LogP contribution in [0.25, 0.3) is 11.3 Å². The molecule has 1 aromatic carbocycles. The fourth-order valence-electron chi connectivity index (χ4n) is 1.26. The molecule has 4 nitrogen and oxygen atoms in total. The summed E-state index contributed by atoms with van der Waals surface area (Å²) >= 11 is 9.05. The van der Waals surface area contributed by atoms with Crippen LogP contribution in [0.3, 0.4) is 0 Å². The van der Waals surface area contributed by atoms with E-state index < -0.39 is 11.8 Å². The predicted octanol–water partition coefficient (Wildman–Crippen LogP) is 3.59. The molecule has 0 bridgehead atoms. The van der Waals surface area contributed by atoms with Gasteiger partial charge in [-0.1, -0.05) is 16.8 Å². The van der Waals surface area contributed by atoms with E-state index in [1.807, 2.05) is 0 Å². The van der Waals surface area contributed by atoms with Crippen LogP contribution in [0.1, 0.15) is 10.6 Å². The Hall–Kier alpha value is -1.40. The maximum absolute atomic E-state index is 13.6. The van der Waals surface area contributed by atoms with E-state index >= 15 is 0 Å². The molecule has 88 valence electrons. The summed E-state index contributed by atoms with van der Waals surface area (Å²) in [6, 6.07) is 3.75. The summed E-state index contributed by atoms with van der Waals surface area (Å²) in [5.41, 5.74) is 0.0310. The van der Waals surface area contributed by atoms with Crippen molar-refractivity contribution < 1.29 is 18.8 Å². The molecular formula is C10H4BrClFNO3. The topological polar surface area (TPSA) is 63.3 Å². The van der Waals surface area contributed by atoms with Gasteiger partial charge in [0.15, 0.2) is 0 Å². The van der Waals surface area contributed by atoms with Gasteiger partial charge in [0.25, 0.3) is 0 Å². The molecule has 17 heavy (non-hydrogen) atoms. The van der Waals surface area contributed by atoms with Crippen LogP contribution in [0.4, 0.5) is 4.39 Å². The molecule has 2 aromatic rings. The molecule has 0 amide bonds. The predicted molar refractivity (Wildman–Crippen MR) is 61.6 cm³/mol. The van der Waals surface area contributed by atoms with Crippen LogP contribution in [-0.4, -0.2) is 16.2 Å². The lowest BCUT2D eigenvalue weighted by Gasteiger charge is -2.03. The largest absolute Gasteiger partial charge is 0.475 e. The Morgan fingerprint density at radius 3 is 2.82 bits per heavy atom. The summed E-state index contributed by atoms with van der Waals surface area (Å²) in [5.74, 6) is -2.27.